The summed E-state index contributed by atoms with van der Waals surface area (Å²) in [7, 11) is 1.44. The molecule has 3 atom stereocenters. The van der Waals surface area contributed by atoms with E-state index in [1.54, 1.807) is 0 Å². The Balaban J connectivity index is 1.91. The summed E-state index contributed by atoms with van der Waals surface area (Å²) in [5.74, 6) is -0.108. The molecule has 4 heteroatoms. The van der Waals surface area contributed by atoms with E-state index in [0.29, 0.717) is 12.5 Å². The van der Waals surface area contributed by atoms with Crippen molar-refractivity contribution < 1.29 is 19.4 Å². The number of carbonyl (C=O) groups excluding carboxylic acids is 1. The van der Waals surface area contributed by atoms with Crippen molar-refractivity contribution in [1.29, 1.82) is 0 Å². The molecule has 0 bridgehead atoms. The zero-order chi connectivity index (χ0) is 16.9. The fraction of sp³-hybridized carbons (Fsp3) is 0.842. The lowest BCUT2D eigenvalue weighted by atomic mass is 10.1. The molecule has 0 radical (unpaired) electrons. The van der Waals surface area contributed by atoms with Crippen molar-refractivity contribution in [3.8, 4) is 0 Å². The van der Waals surface area contributed by atoms with Gasteiger partial charge >= 0.3 is 5.97 Å². The summed E-state index contributed by atoms with van der Waals surface area (Å²) in [6, 6.07) is 0. The maximum Gasteiger partial charge on any atom is 0.305 e. The van der Waals surface area contributed by atoms with Crippen LogP contribution in [0.3, 0.4) is 0 Å². The smallest absolute Gasteiger partial charge is 0.305 e. The van der Waals surface area contributed by atoms with E-state index < -0.39 is 0 Å². The molecule has 1 fully saturated rings. The summed E-state index contributed by atoms with van der Waals surface area (Å²) in [5, 5.41) is 9.82. The number of aliphatic hydroxyl groups excluding tert-OH is 1. The first-order valence-corrected chi connectivity index (χ1v) is 9.26. The number of rotatable bonds is 14. The van der Waals surface area contributed by atoms with Gasteiger partial charge in [-0.15, -0.1) is 0 Å². The van der Waals surface area contributed by atoms with Crippen molar-refractivity contribution in [1.82, 2.24) is 0 Å². The van der Waals surface area contributed by atoms with E-state index in [2.05, 4.69) is 11.7 Å². The van der Waals surface area contributed by atoms with Crippen LogP contribution in [0.4, 0.5) is 0 Å². The Morgan fingerprint density at radius 1 is 1.17 bits per heavy atom. The van der Waals surface area contributed by atoms with Gasteiger partial charge in [0.25, 0.3) is 0 Å². The predicted molar refractivity (Wildman–Crippen MR) is 92.3 cm³/mol. The SMILES string of the molecule is CCCCCC(O)/C=C\C1OC1CCCCCCCC(=O)OC. The van der Waals surface area contributed by atoms with Crippen LogP contribution >= 0.6 is 0 Å². The van der Waals surface area contributed by atoms with Crippen LogP contribution in [0.1, 0.15) is 77.6 Å². The topological polar surface area (TPSA) is 59.1 Å². The van der Waals surface area contributed by atoms with Gasteiger partial charge in [-0.25, -0.2) is 0 Å². The molecule has 0 spiro atoms. The van der Waals surface area contributed by atoms with Crippen LogP contribution in [0.25, 0.3) is 0 Å². The van der Waals surface area contributed by atoms with Crippen molar-refractivity contribution in [2.45, 2.75) is 95.9 Å². The molecular formula is C19H34O4. The summed E-state index contributed by atoms with van der Waals surface area (Å²) < 4.78 is 10.2. The van der Waals surface area contributed by atoms with E-state index in [1.165, 1.54) is 39.2 Å². The Kier molecular flexibility index (Phi) is 11.0. The van der Waals surface area contributed by atoms with Crippen LogP contribution in [0.15, 0.2) is 12.2 Å². The minimum absolute atomic E-state index is 0.108. The van der Waals surface area contributed by atoms with Gasteiger partial charge < -0.3 is 14.6 Å². The molecular weight excluding hydrogens is 292 g/mol. The first-order chi connectivity index (χ1) is 11.2. The van der Waals surface area contributed by atoms with Gasteiger partial charge in [0.05, 0.1) is 19.3 Å². The lowest BCUT2D eigenvalue weighted by Gasteiger charge is -2.03. The van der Waals surface area contributed by atoms with Crippen molar-refractivity contribution in [3.05, 3.63) is 12.2 Å². The lowest BCUT2D eigenvalue weighted by Crippen LogP contribution is -2.02. The minimum atomic E-state index is -0.318. The van der Waals surface area contributed by atoms with Crippen LogP contribution in [-0.4, -0.2) is 36.5 Å². The normalized spacial score (nSPS) is 21.5. The first kappa shape index (κ1) is 20.2. The maximum absolute atomic E-state index is 11.0. The van der Waals surface area contributed by atoms with Crippen molar-refractivity contribution in [2.75, 3.05) is 7.11 Å². The van der Waals surface area contributed by atoms with Crippen molar-refractivity contribution >= 4 is 5.97 Å². The number of epoxide rings is 1. The van der Waals surface area contributed by atoms with E-state index in [9.17, 15) is 9.90 Å². The maximum atomic E-state index is 11.0. The molecule has 134 valence electrons. The standard InChI is InChI=1S/C19H34O4/c1-3-4-8-11-16(20)14-15-18-17(23-18)12-9-6-5-7-10-13-19(21)22-2/h14-18,20H,3-13H2,1-2H3/b15-14-. The molecule has 1 saturated heterocycles. The molecule has 4 nitrogen and oxygen atoms in total. The number of methoxy groups -OCH3 is 1. The van der Waals surface area contributed by atoms with Gasteiger partial charge in [-0.2, -0.15) is 0 Å². The number of hydrogen-bond acceptors (Lipinski definition) is 4. The Morgan fingerprint density at radius 3 is 2.65 bits per heavy atom. The fourth-order valence-electron chi connectivity index (χ4n) is 2.74. The van der Waals surface area contributed by atoms with Gasteiger partial charge in [0.2, 0.25) is 0 Å². The molecule has 1 heterocycles. The lowest BCUT2D eigenvalue weighted by molar-refractivity contribution is -0.140. The van der Waals surface area contributed by atoms with Gasteiger partial charge in [-0.05, 0) is 19.3 Å². The number of hydrogen-bond donors (Lipinski definition) is 1. The van der Waals surface area contributed by atoms with Gasteiger partial charge in [0.15, 0.2) is 0 Å². The largest absolute Gasteiger partial charge is 0.469 e. The van der Waals surface area contributed by atoms with Gasteiger partial charge in [0.1, 0.15) is 6.10 Å². The van der Waals surface area contributed by atoms with Crippen molar-refractivity contribution in [3.63, 3.8) is 0 Å². The Morgan fingerprint density at radius 2 is 1.91 bits per heavy atom. The van der Waals surface area contributed by atoms with Crippen LogP contribution in [-0.2, 0) is 14.3 Å². The quantitative estimate of drug-likeness (QED) is 0.225. The van der Waals surface area contributed by atoms with Gasteiger partial charge in [-0.3, -0.25) is 4.79 Å². The second-order valence-electron chi connectivity index (χ2n) is 6.47. The number of esters is 1. The molecule has 1 aliphatic heterocycles. The number of carbonyl (C=O) groups is 1. The Hall–Kier alpha value is -0.870. The molecule has 0 aromatic rings. The van der Waals surface area contributed by atoms with Crippen LogP contribution in [0.5, 0.6) is 0 Å². The second-order valence-corrected chi connectivity index (χ2v) is 6.47. The Labute approximate surface area is 141 Å². The molecule has 3 unspecified atom stereocenters. The third-order valence-corrected chi connectivity index (χ3v) is 4.35. The Bertz CT molecular complexity index is 340. The first-order valence-electron chi connectivity index (χ1n) is 9.26. The summed E-state index contributed by atoms with van der Waals surface area (Å²) >= 11 is 0. The minimum Gasteiger partial charge on any atom is -0.469 e. The number of ether oxygens (including phenoxy) is 2. The van der Waals surface area contributed by atoms with E-state index >= 15 is 0 Å². The third-order valence-electron chi connectivity index (χ3n) is 4.35. The highest BCUT2D eigenvalue weighted by molar-refractivity contribution is 5.68. The molecule has 0 aromatic carbocycles. The molecule has 1 rings (SSSR count). The molecule has 1 aliphatic rings. The predicted octanol–water partition coefficient (Wildman–Crippen LogP) is 4.15. The molecule has 0 amide bonds. The van der Waals surface area contributed by atoms with Crippen LogP contribution in [0.2, 0.25) is 0 Å². The third kappa shape index (κ3) is 10.5. The van der Waals surface area contributed by atoms with Gasteiger partial charge in [-0.1, -0.05) is 64.0 Å². The monoisotopic (exact) mass is 326 g/mol. The fourth-order valence-corrected chi connectivity index (χ4v) is 2.74. The summed E-state index contributed by atoms with van der Waals surface area (Å²) in [4.78, 5) is 11.0. The van der Waals surface area contributed by atoms with E-state index in [0.717, 1.165) is 32.1 Å². The molecule has 0 aliphatic carbocycles. The van der Waals surface area contributed by atoms with E-state index in [4.69, 9.17) is 4.74 Å². The zero-order valence-electron chi connectivity index (χ0n) is 14.8. The highest BCUT2D eigenvalue weighted by Gasteiger charge is 2.35. The van der Waals surface area contributed by atoms with Gasteiger partial charge in [0, 0.05) is 6.42 Å². The highest BCUT2D eigenvalue weighted by atomic mass is 16.6. The molecule has 0 aromatic heterocycles. The zero-order valence-corrected chi connectivity index (χ0v) is 14.8. The molecule has 23 heavy (non-hydrogen) atoms. The summed E-state index contributed by atoms with van der Waals surface area (Å²) in [6.07, 6.45) is 15.7. The molecule has 0 saturated carbocycles. The number of aliphatic hydroxyl groups is 1. The van der Waals surface area contributed by atoms with E-state index in [1.807, 2.05) is 12.2 Å². The van der Waals surface area contributed by atoms with Crippen LogP contribution < -0.4 is 0 Å². The highest BCUT2D eigenvalue weighted by Crippen LogP contribution is 2.29. The number of unbranched alkanes of at least 4 members (excludes halogenated alkanes) is 6. The summed E-state index contributed by atoms with van der Waals surface area (Å²) in [6.45, 7) is 2.17. The average Bonchev–Trinajstić information content (AvgIpc) is 3.30. The van der Waals surface area contributed by atoms with Crippen molar-refractivity contribution in [2.24, 2.45) is 0 Å². The molecule has 1 N–H and O–H groups in total. The van der Waals surface area contributed by atoms with Crippen LogP contribution in [0, 0.1) is 0 Å². The average molecular weight is 326 g/mol. The second kappa shape index (κ2) is 12.5. The van der Waals surface area contributed by atoms with E-state index in [-0.39, 0.29) is 18.2 Å². The summed E-state index contributed by atoms with van der Waals surface area (Å²) in [5.41, 5.74) is 0.